The molecule has 20 heavy (non-hydrogen) atoms. The van der Waals surface area contributed by atoms with Crippen LogP contribution >= 0.6 is 0 Å². The highest BCUT2D eigenvalue weighted by Gasteiger charge is 2.18. The predicted molar refractivity (Wildman–Crippen MR) is 77.3 cm³/mol. The fourth-order valence-corrected chi connectivity index (χ4v) is 2.63. The number of nitrogens with zero attached hydrogens (tertiary/aromatic N) is 2. The first-order valence-corrected chi connectivity index (χ1v) is 6.28. The van der Waals surface area contributed by atoms with Gasteiger partial charge in [-0.05, 0) is 11.6 Å². The number of para-hydroxylation sites is 1. The van der Waals surface area contributed by atoms with Crippen molar-refractivity contribution in [3.05, 3.63) is 65.1 Å². The van der Waals surface area contributed by atoms with Crippen molar-refractivity contribution in [3.8, 4) is 16.9 Å². The van der Waals surface area contributed by atoms with Crippen molar-refractivity contribution < 1.29 is 5.11 Å². The zero-order valence-corrected chi connectivity index (χ0v) is 10.4. The Bertz CT molecular complexity index is 974. The molecule has 0 spiro atoms. The van der Waals surface area contributed by atoms with Crippen LogP contribution < -0.4 is 5.56 Å². The molecule has 0 aliphatic heterocycles. The number of hydrogen-bond acceptors (Lipinski definition) is 3. The van der Waals surface area contributed by atoms with Crippen molar-refractivity contribution in [2.45, 2.75) is 0 Å². The Morgan fingerprint density at radius 2 is 1.80 bits per heavy atom. The van der Waals surface area contributed by atoms with E-state index >= 15 is 0 Å². The van der Waals surface area contributed by atoms with E-state index in [1.807, 2.05) is 30.3 Å². The van der Waals surface area contributed by atoms with Crippen LogP contribution in [-0.2, 0) is 0 Å². The first-order valence-electron chi connectivity index (χ1n) is 6.28. The van der Waals surface area contributed by atoms with Gasteiger partial charge in [-0.25, -0.2) is 0 Å². The lowest BCUT2D eigenvalue weighted by Crippen LogP contribution is -2.16. The Kier molecular flexibility index (Phi) is 2.09. The van der Waals surface area contributed by atoms with E-state index in [0.717, 1.165) is 5.39 Å². The van der Waals surface area contributed by atoms with Gasteiger partial charge in [0.2, 0.25) is 0 Å². The van der Waals surface area contributed by atoms with E-state index in [0.29, 0.717) is 16.5 Å². The molecule has 2 heterocycles. The summed E-state index contributed by atoms with van der Waals surface area (Å²) in [5.74, 6) is 0.0137. The molecular formula is C16H10N2O2. The van der Waals surface area contributed by atoms with Gasteiger partial charge in [-0.3, -0.25) is 4.79 Å². The number of benzene rings is 2. The molecule has 4 aromatic rings. The van der Waals surface area contributed by atoms with Gasteiger partial charge in [-0.2, -0.15) is 9.61 Å². The fourth-order valence-electron chi connectivity index (χ4n) is 2.63. The van der Waals surface area contributed by atoms with E-state index in [2.05, 4.69) is 5.10 Å². The third kappa shape index (κ3) is 1.30. The van der Waals surface area contributed by atoms with Crippen molar-refractivity contribution in [2.75, 3.05) is 0 Å². The van der Waals surface area contributed by atoms with Crippen LogP contribution in [0.5, 0.6) is 5.75 Å². The summed E-state index contributed by atoms with van der Waals surface area (Å²) in [4.78, 5) is 12.6. The van der Waals surface area contributed by atoms with Crippen LogP contribution in [0.1, 0.15) is 0 Å². The van der Waals surface area contributed by atoms with E-state index < -0.39 is 0 Å². The molecule has 0 radical (unpaired) electrons. The Morgan fingerprint density at radius 3 is 2.60 bits per heavy atom. The summed E-state index contributed by atoms with van der Waals surface area (Å²) in [6, 6.07) is 14.7. The number of aromatic hydroxyl groups is 1. The topological polar surface area (TPSA) is 54.6 Å². The molecule has 4 nitrogen and oxygen atoms in total. The molecule has 0 aliphatic rings. The smallest absolute Gasteiger partial charge is 0.283 e. The van der Waals surface area contributed by atoms with Crippen LogP contribution in [0.4, 0.5) is 0 Å². The predicted octanol–water partition coefficient (Wildman–Crippen LogP) is 2.66. The molecule has 0 fully saturated rings. The second-order valence-corrected chi connectivity index (χ2v) is 4.69. The Balaban J connectivity index is 2.25. The van der Waals surface area contributed by atoms with Crippen LogP contribution in [-0.4, -0.2) is 14.7 Å². The summed E-state index contributed by atoms with van der Waals surface area (Å²) in [5, 5.41) is 16.1. The van der Waals surface area contributed by atoms with E-state index in [1.54, 1.807) is 24.4 Å². The molecule has 4 heteroatoms. The molecule has 0 amide bonds. The lowest BCUT2D eigenvalue weighted by atomic mass is 10.0. The van der Waals surface area contributed by atoms with Gasteiger partial charge in [0.25, 0.3) is 5.56 Å². The number of aromatic nitrogens is 2. The minimum atomic E-state index is -0.303. The maximum absolute atomic E-state index is 12.6. The molecular weight excluding hydrogens is 252 g/mol. The van der Waals surface area contributed by atoms with Gasteiger partial charge >= 0.3 is 0 Å². The SMILES string of the molecule is O=c1c(-c2ccccc2)c(O)c2cccc3cnn1c32. The minimum Gasteiger partial charge on any atom is -0.506 e. The molecule has 4 rings (SSSR count). The van der Waals surface area contributed by atoms with E-state index in [4.69, 9.17) is 0 Å². The number of pyridine rings is 1. The maximum atomic E-state index is 12.6. The summed E-state index contributed by atoms with van der Waals surface area (Å²) in [6.45, 7) is 0. The molecule has 2 aromatic carbocycles. The van der Waals surface area contributed by atoms with Crippen molar-refractivity contribution in [1.82, 2.24) is 9.61 Å². The van der Waals surface area contributed by atoms with Gasteiger partial charge in [0, 0.05) is 10.8 Å². The molecule has 2 aromatic heterocycles. The molecule has 0 unspecified atom stereocenters. The summed E-state index contributed by atoms with van der Waals surface area (Å²) >= 11 is 0. The summed E-state index contributed by atoms with van der Waals surface area (Å²) in [6.07, 6.45) is 1.64. The zero-order valence-electron chi connectivity index (χ0n) is 10.4. The van der Waals surface area contributed by atoms with Crippen LogP contribution in [0.25, 0.3) is 27.4 Å². The van der Waals surface area contributed by atoms with Crippen molar-refractivity contribution in [2.24, 2.45) is 0 Å². The van der Waals surface area contributed by atoms with Crippen molar-refractivity contribution >= 4 is 16.3 Å². The van der Waals surface area contributed by atoms with Crippen LogP contribution in [0.3, 0.4) is 0 Å². The highest BCUT2D eigenvalue weighted by molar-refractivity contribution is 6.01. The number of hydrogen-bond donors (Lipinski definition) is 1. The molecule has 0 saturated heterocycles. The third-order valence-corrected chi connectivity index (χ3v) is 3.55. The van der Waals surface area contributed by atoms with Gasteiger partial charge in [0.05, 0.1) is 17.3 Å². The maximum Gasteiger partial charge on any atom is 0.283 e. The van der Waals surface area contributed by atoms with Crippen molar-refractivity contribution in [1.29, 1.82) is 0 Å². The fraction of sp³-hybridized carbons (Fsp3) is 0. The van der Waals surface area contributed by atoms with Gasteiger partial charge < -0.3 is 5.11 Å². The van der Waals surface area contributed by atoms with Crippen molar-refractivity contribution in [3.63, 3.8) is 0 Å². The largest absolute Gasteiger partial charge is 0.506 e. The Labute approximate surface area is 113 Å². The molecule has 0 bridgehead atoms. The van der Waals surface area contributed by atoms with Gasteiger partial charge in [-0.1, -0.05) is 42.5 Å². The van der Waals surface area contributed by atoms with Crippen LogP contribution in [0, 0.1) is 0 Å². The lowest BCUT2D eigenvalue weighted by Gasteiger charge is -2.08. The Hall–Kier alpha value is -2.88. The Morgan fingerprint density at radius 1 is 1.00 bits per heavy atom. The quantitative estimate of drug-likeness (QED) is 0.573. The molecule has 1 N–H and O–H groups in total. The summed E-state index contributed by atoms with van der Waals surface area (Å²) in [5.41, 5.74) is 1.33. The molecule has 0 atom stereocenters. The first kappa shape index (κ1) is 11.0. The summed E-state index contributed by atoms with van der Waals surface area (Å²) < 4.78 is 1.35. The second kappa shape index (κ2) is 3.81. The van der Waals surface area contributed by atoms with Crippen LogP contribution in [0.2, 0.25) is 0 Å². The highest BCUT2D eigenvalue weighted by atomic mass is 16.3. The third-order valence-electron chi connectivity index (χ3n) is 3.55. The second-order valence-electron chi connectivity index (χ2n) is 4.69. The van der Waals surface area contributed by atoms with E-state index in [-0.39, 0.29) is 16.9 Å². The lowest BCUT2D eigenvalue weighted by molar-refractivity contribution is 0.482. The average Bonchev–Trinajstić information content (AvgIpc) is 2.91. The average molecular weight is 262 g/mol. The zero-order chi connectivity index (χ0) is 13.7. The highest BCUT2D eigenvalue weighted by Crippen LogP contribution is 2.34. The normalized spacial score (nSPS) is 11.4. The van der Waals surface area contributed by atoms with E-state index in [9.17, 15) is 9.90 Å². The number of rotatable bonds is 1. The van der Waals surface area contributed by atoms with Crippen LogP contribution in [0.15, 0.2) is 59.5 Å². The standard InChI is InChI=1S/C16H10N2O2/c19-15-12-8-4-7-11-9-17-18(14(11)12)16(20)13(15)10-5-2-1-3-6-10/h1-9,19H. The molecule has 96 valence electrons. The first-order chi connectivity index (χ1) is 9.77. The molecule has 0 saturated carbocycles. The summed E-state index contributed by atoms with van der Waals surface area (Å²) in [7, 11) is 0. The minimum absolute atomic E-state index is 0.0137. The van der Waals surface area contributed by atoms with Gasteiger partial charge in [0.15, 0.2) is 0 Å². The van der Waals surface area contributed by atoms with Gasteiger partial charge in [-0.15, -0.1) is 0 Å². The van der Waals surface area contributed by atoms with E-state index in [1.165, 1.54) is 4.52 Å². The molecule has 0 aliphatic carbocycles. The monoisotopic (exact) mass is 262 g/mol. The van der Waals surface area contributed by atoms with Gasteiger partial charge in [0.1, 0.15) is 5.75 Å².